The maximum absolute atomic E-state index is 13.2. The molecule has 2 aromatic carbocycles. The third kappa shape index (κ3) is 5.36. The number of benzene rings is 2. The van der Waals surface area contributed by atoms with E-state index in [0.29, 0.717) is 17.9 Å². The molecule has 1 aromatic heterocycles. The van der Waals surface area contributed by atoms with E-state index in [1.54, 1.807) is 24.3 Å². The number of rotatable bonds is 6. The Balaban J connectivity index is 1.38. The summed E-state index contributed by atoms with van der Waals surface area (Å²) in [5, 5.41) is 11.3. The quantitative estimate of drug-likeness (QED) is 0.378. The second-order valence-corrected chi connectivity index (χ2v) is 7.81. The van der Waals surface area contributed by atoms with E-state index in [0.717, 1.165) is 25.1 Å². The molecule has 1 atom stereocenters. The lowest BCUT2D eigenvalue weighted by molar-refractivity contribution is 0.0923. The second kappa shape index (κ2) is 9.80. The average Bonchev–Trinajstić information content (AvgIpc) is 3.47. The lowest BCUT2D eigenvalue weighted by atomic mass is 10.2. The summed E-state index contributed by atoms with van der Waals surface area (Å²) in [6.07, 6.45) is 2.10. The van der Waals surface area contributed by atoms with E-state index < -0.39 is 23.5 Å². The number of hydrogen-bond acceptors (Lipinski definition) is 5. The van der Waals surface area contributed by atoms with Crippen molar-refractivity contribution in [2.75, 3.05) is 23.7 Å². The number of hydrogen-bond donors (Lipinski definition) is 5. The third-order valence-corrected chi connectivity index (χ3v) is 5.37. The summed E-state index contributed by atoms with van der Waals surface area (Å²) in [7, 11) is 0. The van der Waals surface area contributed by atoms with Gasteiger partial charge in [-0.25, -0.2) is 9.37 Å². The predicted molar refractivity (Wildman–Crippen MR) is 121 cm³/mol. The van der Waals surface area contributed by atoms with E-state index in [2.05, 4.69) is 31.2 Å². The summed E-state index contributed by atoms with van der Waals surface area (Å²) < 4.78 is 13.2. The Hall–Kier alpha value is -3.76. The molecule has 1 aliphatic rings. The van der Waals surface area contributed by atoms with Crippen molar-refractivity contribution in [3.63, 3.8) is 0 Å². The van der Waals surface area contributed by atoms with Crippen LogP contribution in [0.4, 0.5) is 15.8 Å². The maximum Gasteiger partial charge on any atom is 0.276 e. The van der Waals surface area contributed by atoms with Crippen LogP contribution in [0.2, 0.25) is 5.02 Å². The molecule has 33 heavy (non-hydrogen) atoms. The highest BCUT2D eigenvalue weighted by Crippen LogP contribution is 2.20. The number of aromatic nitrogens is 2. The number of H-pyrrole nitrogens is 1. The SMILES string of the molecule is O=C(Nc1ccc(NC(=O)c2nc[nH]c2C(=O)N[C@H]2CCNC2)cc1)c1ccc(F)cc1Cl. The molecular formula is C22H20ClFN6O3. The van der Waals surface area contributed by atoms with Gasteiger partial charge in [-0.2, -0.15) is 0 Å². The highest BCUT2D eigenvalue weighted by atomic mass is 35.5. The van der Waals surface area contributed by atoms with Gasteiger partial charge in [0.15, 0.2) is 5.69 Å². The summed E-state index contributed by atoms with van der Waals surface area (Å²) in [5.41, 5.74) is 1.07. The topological polar surface area (TPSA) is 128 Å². The highest BCUT2D eigenvalue weighted by Gasteiger charge is 2.24. The Kier molecular flexibility index (Phi) is 6.66. The van der Waals surface area contributed by atoms with Crippen LogP contribution in [0.5, 0.6) is 0 Å². The molecule has 11 heteroatoms. The molecule has 9 nitrogen and oxygen atoms in total. The zero-order chi connectivity index (χ0) is 23.4. The Morgan fingerprint density at radius 2 is 1.70 bits per heavy atom. The standard InChI is InChI=1S/C22H20ClFN6O3/c23-17-9-12(24)1-6-16(17)20(31)28-13-2-4-14(5-3-13)29-21(32)18-19(27-11-26-18)22(33)30-15-7-8-25-10-15/h1-6,9,11,15,25H,7-8,10H2,(H,26,27)(H,28,31)(H,29,32)(H,30,33)/t15-/m0/s1. The number of imidazole rings is 1. The van der Waals surface area contributed by atoms with Gasteiger partial charge in [0.05, 0.1) is 16.9 Å². The number of nitrogens with zero attached hydrogens (tertiary/aromatic N) is 1. The first-order valence-corrected chi connectivity index (χ1v) is 10.5. The van der Waals surface area contributed by atoms with Gasteiger partial charge in [0.25, 0.3) is 17.7 Å². The van der Waals surface area contributed by atoms with E-state index >= 15 is 0 Å². The smallest absolute Gasteiger partial charge is 0.276 e. The van der Waals surface area contributed by atoms with Crippen LogP contribution >= 0.6 is 11.6 Å². The molecular weight excluding hydrogens is 451 g/mol. The van der Waals surface area contributed by atoms with Crippen molar-refractivity contribution in [1.29, 1.82) is 0 Å². The Labute approximate surface area is 193 Å². The van der Waals surface area contributed by atoms with Gasteiger partial charge in [0.2, 0.25) is 0 Å². The van der Waals surface area contributed by atoms with Crippen molar-refractivity contribution in [2.24, 2.45) is 0 Å². The minimum atomic E-state index is -0.555. The molecule has 3 amide bonds. The van der Waals surface area contributed by atoms with Crippen LogP contribution in [0, 0.1) is 5.82 Å². The molecule has 0 bridgehead atoms. The summed E-state index contributed by atoms with van der Waals surface area (Å²) in [6, 6.07) is 9.82. The molecule has 1 fully saturated rings. The number of halogens is 2. The molecule has 2 heterocycles. The van der Waals surface area contributed by atoms with E-state index in [1.165, 1.54) is 12.4 Å². The molecule has 0 radical (unpaired) electrons. The lowest BCUT2D eigenvalue weighted by Crippen LogP contribution is -2.37. The van der Waals surface area contributed by atoms with E-state index in [4.69, 9.17) is 11.6 Å². The molecule has 5 N–H and O–H groups in total. The fourth-order valence-corrected chi connectivity index (χ4v) is 3.63. The summed E-state index contributed by atoms with van der Waals surface area (Å²) in [5.74, 6) is -1.99. The second-order valence-electron chi connectivity index (χ2n) is 7.40. The van der Waals surface area contributed by atoms with Crippen LogP contribution in [0.3, 0.4) is 0 Å². The Morgan fingerprint density at radius 3 is 2.33 bits per heavy atom. The minimum absolute atomic E-state index is 0.000536. The van der Waals surface area contributed by atoms with Crippen molar-refractivity contribution in [3.05, 3.63) is 76.6 Å². The average molecular weight is 471 g/mol. The van der Waals surface area contributed by atoms with Gasteiger partial charge >= 0.3 is 0 Å². The van der Waals surface area contributed by atoms with Crippen LogP contribution in [0.15, 0.2) is 48.8 Å². The molecule has 1 saturated heterocycles. The van der Waals surface area contributed by atoms with Crippen molar-refractivity contribution in [2.45, 2.75) is 12.5 Å². The van der Waals surface area contributed by atoms with Gasteiger partial charge in [-0.1, -0.05) is 11.6 Å². The number of carbonyl (C=O) groups excluding carboxylic acids is 3. The molecule has 3 aromatic rings. The van der Waals surface area contributed by atoms with Crippen LogP contribution in [-0.4, -0.2) is 46.8 Å². The van der Waals surface area contributed by atoms with Crippen LogP contribution in [-0.2, 0) is 0 Å². The van der Waals surface area contributed by atoms with Gasteiger partial charge in [-0.3, -0.25) is 14.4 Å². The molecule has 4 rings (SSSR count). The molecule has 0 saturated carbocycles. The number of aromatic amines is 1. The van der Waals surface area contributed by atoms with Gasteiger partial charge in [0, 0.05) is 24.0 Å². The number of carbonyl (C=O) groups is 3. The molecule has 0 aliphatic carbocycles. The predicted octanol–water partition coefficient (Wildman–Crippen LogP) is 2.80. The monoisotopic (exact) mass is 470 g/mol. The van der Waals surface area contributed by atoms with Gasteiger partial charge in [-0.05, 0) is 55.4 Å². The van der Waals surface area contributed by atoms with E-state index in [9.17, 15) is 18.8 Å². The first-order valence-electron chi connectivity index (χ1n) is 10.1. The fourth-order valence-electron chi connectivity index (χ4n) is 3.37. The lowest BCUT2D eigenvalue weighted by Gasteiger charge is -2.11. The van der Waals surface area contributed by atoms with Crippen LogP contribution < -0.4 is 21.3 Å². The summed E-state index contributed by atoms with van der Waals surface area (Å²) in [4.78, 5) is 44.2. The number of amides is 3. The van der Waals surface area contributed by atoms with Crippen molar-refractivity contribution >= 4 is 40.7 Å². The largest absolute Gasteiger partial charge is 0.347 e. The van der Waals surface area contributed by atoms with Crippen molar-refractivity contribution < 1.29 is 18.8 Å². The molecule has 0 spiro atoms. The van der Waals surface area contributed by atoms with E-state index in [1.807, 2.05) is 0 Å². The van der Waals surface area contributed by atoms with Crippen molar-refractivity contribution in [3.8, 4) is 0 Å². The van der Waals surface area contributed by atoms with Gasteiger partial charge < -0.3 is 26.3 Å². The maximum atomic E-state index is 13.2. The van der Waals surface area contributed by atoms with E-state index in [-0.39, 0.29) is 28.0 Å². The first kappa shape index (κ1) is 22.4. The summed E-state index contributed by atoms with van der Waals surface area (Å²) >= 11 is 5.92. The molecule has 1 aliphatic heterocycles. The molecule has 170 valence electrons. The van der Waals surface area contributed by atoms with Crippen molar-refractivity contribution in [1.82, 2.24) is 20.6 Å². The van der Waals surface area contributed by atoms with Gasteiger partial charge in [0.1, 0.15) is 11.5 Å². The molecule has 0 unspecified atom stereocenters. The minimum Gasteiger partial charge on any atom is -0.347 e. The van der Waals surface area contributed by atoms with Gasteiger partial charge in [-0.15, -0.1) is 0 Å². The van der Waals surface area contributed by atoms with Crippen LogP contribution in [0.25, 0.3) is 0 Å². The third-order valence-electron chi connectivity index (χ3n) is 5.05. The van der Waals surface area contributed by atoms with Crippen LogP contribution in [0.1, 0.15) is 37.8 Å². The first-order chi connectivity index (χ1) is 15.9. The zero-order valence-corrected chi connectivity index (χ0v) is 18.0. The number of anilines is 2. The highest BCUT2D eigenvalue weighted by molar-refractivity contribution is 6.34. The fraction of sp³-hybridized carbons (Fsp3) is 0.182. The number of nitrogens with one attached hydrogen (secondary N) is 5. The Morgan fingerprint density at radius 1 is 1.00 bits per heavy atom. The Bertz CT molecular complexity index is 1190. The summed E-state index contributed by atoms with van der Waals surface area (Å²) in [6.45, 7) is 1.51. The zero-order valence-electron chi connectivity index (χ0n) is 17.2. The normalized spacial score (nSPS) is 15.2.